The predicted octanol–water partition coefficient (Wildman–Crippen LogP) is 8.13. The SMILES string of the molecule is CC/C=C/C/C=C/C/C=C/C/C=C/CCCCCC(=O)OC(COCCC(C(=O)[O-])[N+](C)(C)C)COC(=O)CCC/C=C/CCCCCC. The summed E-state index contributed by atoms with van der Waals surface area (Å²) in [5, 5.41) is 11.6. The molecule has 8 heteroatoms. The number of rotatable bonds is 32. The molecule has 0 saturated carbocycles. The van der Waals surface area contributed by atoms with E-state index < -0.39 is 18.1 Å². The Morgan fingerprint density at radius 3 is 1.73 bits per heavy atom. The van der Waals surface area contributed by atoms with Gasteiger partial charge in [-0.05, 0) is 70.6 Å². The van der Waals surface area contributed by atoms with E-state index >= 15 is 0 Å². The van der Waals surface area contributed by atoms with E-state index in [0.717, 1.165) is 57.8 Å². The van der Waals surface area contributed by atoms with Gasteiger partial charge in [0.2, 0.25) is 0 Å². The number of nitrogens with zero attached hydrogens (tertiary/aromatic N) is 1. The average Bonchev–Trinajstić information content (AvgIpc) is 3.05. The van der Waals surface area contributed by atoms with Gasteiger partial charge in [-0.15, -0.1) is 0 Å². The molecular formula is C41H69NO7. The summed E-state index contributed by atoms with van der Waals surface area (Å²) in [7, 11) is 5.37. The number of carbonyl (C=O) groups is 3. The summed E-state index contributed by atoms with van der Waals surface area (Å²) in [6.07, 6.45) is 36.9. The van der Waals surface area contributed by atoms with Crippen molar-refractivity contribution in [2.24, 2.45) is 0 Å². The van der Waals surface area contributed by atoms with Crippen molar-refractivity contribution in [2.45, 2.75) is 142 Å². The van der Waals surface area contributed by atoms with Gasteiger partial charge >= 0.3 is 11.9 Å². The van der Waals surface area contributed by atoms with Crippen LogP contribution in [0.15, 0.2) is 60.8 Å². The highest BCUT2D eigenvalue weighted by Crippen LogP contribution is 2.11. The van der Waals surface area contributed by atoms with Crippen LogP contribution in [0.2, 0.25) is 0 Å². The number of hydrogen-bond donors (Lipinski definition) is 0. The van der Waals surface area contributed by atoms with Gasteiger partial charge in [-0.1, -0.05) is 100 Å². The second kappa shape index (κ2) is 32.2. The molecule has 0 aromatic carbocycles. The number of carbonyl (C=O) groups excluding carboxylic acids is 3. The number of likely N-dealkylation sites (N-methyl/N-ethyl adjacent to an activating group) is 1. The van der Waals surface area contributed by atoms with Crippen LogP contribution in [0.25, 0.3) is 0 Å². The van der Waals surface area contributed by atoms with Crippen molar-refractivity contribution >= 4 is 17.9 Å². The van der Waals surface area contributed by atoms with Crippen LogP contribution in [0, 0.1) is 0 Å². The lowest BCUT2D eigenvalue weighted by atomic mass is 10.1. The number of ether oxygens (including phenoxy) is 3. The number of allylic oxidation sites excluding steroid dienone is 10. The Hall–Kier alpha value is -2.97. The molecule has 0 aromatic rings. The Balaban J connectivity index is 4.52. The van der Waals surface area contributed by atoms with E-state index in [9.17, 15) is 19.5 Å². The van der Waals surface area contributed by atoms with Crippen molar-refractivity contribution in [3.63, 3.8) is 0 Å². The summed E-state index contributed by atoms with van der Waals surface area (Å²) < 4.78 is 17.0. The monoisotopic (exact) mass is 688 g/mol. The van der Waals surface area contributed by atoms with Crippen LogP contribution in [-0.4, -0.2) is 75.5 Å². The topological polar surface area (TPSA) is 102 Å². The summed E-state index contributed by atoms with van der Waals surface area (Å²) in [5.74, 6) is -1.83. The summed E-state index contributed by atoms with van der Waals surface area (Å²) in [5.41, 5.74) is 0. The lowest BCUT2D eigenvalue weighted by Crippen LogP contribution is -2.55. The zero-order valence-electron chi connectivity index (χ0n) is 31.6. The molecule has 0 rings (SSSR count). The third-order valence-electron chi connectivity index (χ3n) is 7.89. The van der Waals surface area contributed by atoms with E-state index in [2.05, 4.69) is 74.6 Å². The minimum Gasteiger partial charge on any atom is -0.544 e. The first-order chi connectivity index (χ1) is 23.6. The highest BCUT2D eigenvalue weighted by molar-refractivity contribution is 5.70. The smallest absolute Gasteiger partial charge is 0.306 e. The van der Waals surface area contributed by atoms with Crippen molar-refractivity contribution in [3.8, 4) is 0 Å². The minimum absolute atomic E-state index is 0.0164. The van der Waals surface area contributed by atoms with Gasteiger partial charge in [0, 0.05) is 19.3 Å². The third-order valence-corrected chi connectivity index (χ3v) is 7.89. The summed E-state index contributed by atoms with van der Waals surface area (Å²) in [6.45, 7) is 4.41. The molecule has 0 aliphatic heterocycles. The van der Waals surface area contributed by atoms with Crippen molar-refractivity contribution in [1.29, 1.82) is 0 Å². The lowest BCUT2D eigenvalue weighted by Gasteiger charge is -2.34. The maximum absolute atomic E-state index is 12.6. The van der Waals surface area contributed by atoms with Crippen molar-refractivity contribution in [3.05, 3.63) is 60.8 Å². The fourth-order valence-electron chi connectivity index (χ4n) is 4.94. The Morgan fingerprint density at radius 1 is 0.633 bits per heavy atom. The maximum atomic E-state index is 12.6. The minimum atomic E-state index is -1.14. The van der Waals surface area contributed by atoms with Crippen molar-refractivity contribution < 1.29 is 38.2 Å². The van der Waals surface area contributed by atoms with Gasteiger partial charge in [0.1, 0.15) is 12.6 Å². The van der Waals surface area contributed by atoms with Crippen LogP contribution in [-0.2, 0) is 28.6 Å². The molecule has 280 valence electrons. The van der Waals surface area contributed by atoms with Gasteiger partial charge in [0.15, 0.2) is 6.10 Å². The molecule has 49 heavy (non-hydrogen) atoms. The molecule has 0 aliphatic carbocycles. The highest BCUT2D eigenvalue weighted by Gasteiger charge is 2.25. The first-order valence-corrected chi connectivity index (χ1v) is 18.8. The van der Waals surface area contributed by atoms with Crippen LogP contribution in [0.4, 0.5) is 0 Å². The van der Waals surface area contributed by atoms with Crippen LogP contribution >= 0.6 is 0 Å². The average molecular weight is 688 g/mol. The molecule has 2 atom stereocenters. The molecule has 0 amide bonds. The number of carboxylic acids is 1. The van der Waals surface area contributed by atoms with Gasteiger partial charge in [0.25, 0.3) is 0 Å². The van der Waals surface area contributed by atoms with Crippen molar-refractivity contribution in [2.75, 3.05) is 41.0 Å². The van der Waals surface area contributed by atoms with E-state index in [1.807, 2.05) is 0 Å². The zero-order chi connectivity index (χ0) is 36.4. The van der Waals surface area contributed by atoms with E-state index in [0.29, 0.717) is 12.8 Å². The molecule has 0 aliphatic rings. The number of carboxylic acid groups (broad SMARTS) is 1. The number of hydrogen-bond acceptors (Lipinski definition) is 7. The molecule has 0 heterocycles. The molecular weight excluding hydrogens is 618 g/mol. The first kappa shape index (κ1) is 46.0. The Kier molecular flexibility index (Phi) is 30.3. The molecule has 0 N–H and O–H groups in total. The van der Waals surface area contributed by atoms with Crippen LogP contribution in [0.3, 0.4) is 0 Å². The molecule has 0 spiro atoms. The molecule has 0 aromatic heterocycles. The lowest BCUT2D eigenvalue weighted by molar-refractivity contribution is -0.889. The Bertz CT molecular complexity index is 990. The molecule has 0 saturated heterocycles. The maximum Gasteiger partial charge on any atom is 0.306 e. The molecule has 2 unspecified atom stereocenters. The summed E-state index contributed by atoms with van der Waals surface area (Å²) in [4.78, 5) is 36.5. The Labute approximate surface area is 298 Å². The van der Waals surface area contributed by atoms with Gasteiger partial charge in [-0.2, -0.15) is 0 Å². The third kappa shape index (κ3) is 30.8. The van der Waals surface area contributed by atoms with Crippen LogP contribution < -0.4 is 5.11 Å². The first-order valence-electron chi connectivity index (χ1n) is 18.8. The Morgan fingerprint density at radius 2 is 1.16 bits per heavy atom. The second-order valence-electron chi connectivity index (χ2n) is 13.4. The van der Waals surface area contributed by atoms with Crippen molar-refractivity contribution in [1.82, 2.24) is 0 Å². The molecule has 0 bridgehead atoms. The second-order valence-corrected chi connectivity index (χ2v) is 13.4. The standard InChI is InChI=1S/C41H69NO7/c1-6-8-10-12-14-16-17-18-19-20-21-22-24-26-28-30-32-40(44)49-37(35-47-34-33-38(41(45)46)42(3,4)5)36-48-39(43)31-29-27-25-23-15-13-11-9-7-2/h8,10,14,16,18-19,21-23,25,37-38H,6-7,9,11-13,15,17,20,24,26-36H2,1-5H3/b10-8+,16-14+,19-18+,22-21+,25-23+. The quantitative estimate of drug-likeness (QED) is 0.0305. The summed E-state index contributed by atoms with van der Waals surface area (Å²) in [6, 6.07) is -0.735. The van der Waals surface area contributed by atoms with Crippen LogP contribution in [0.1, 0.15) is 129 Å². The van der Waals surface area contributed by atoms with Gasteiger partial charge in [-0.25, -0.2) is 0 Å². The number of aliphatic carboxylic acids is 1. The zero-order valence-corrected chi connectivity index (χ0v) is 31.6. The van der Waals surface area contributed by atoms with E-state index in [-0.39, 0.29) is 55.5 Å². The molecule has 0 fully saturated rings. The fourth-order valence-corrected chi connectivity index (χ4v) is 4.94. The predicted molar refractivity (Wildman–Crippen MR) is 199 cm³/mol. The van der Waals surface area contributed by atoms with E-state index in [1.165, 1.54) is 25.7 Å². The number of esters is 2. The number of quaternary nitrogens is 1. The molecule has 0 radical (unpaired) electrons. The van der Waals surface area contributed by atoms with Gasteiger partial charge in [-0.3, -0.25) is 9.59 Å². The fraction of sp³-hybridized carbons (Fsp3) is 0.683. The van der Waals surface area contributed by atoms with Gasteiger partial charge in [0.05, 0.1) is 40.3 Å². The highest BCUT2D eigenvalue weighted by atomic mass is 16.6. The van der Waals surface area contributed by atoms with E-state index in [1.54, 1.807) is 21.1 Å². The van der Waals surface area contributed by atoms with Crippen LogP contribution in [0.5, 0.6) is 0 Å². The number of unbranched alkanes of at least 4 members (excludes halogenated alkanes) is 8. The molecule has 8 nitrogen and oxygen atoms in total. The normalized spacial score (nSPS) is 13.7. The van der Waals surface area contributed by atoms with Gasteiger partial charge < -0.3 is 28.6 Å². The summed E-state index contributed by atoms with van der Waals surface area (Å²) >= 11 is 0. The largest absolute Gasteiger partial charge is 0.544 e. The van der Waals surface area contributed by atoms with E-state index in [4.69, 9.17) is 14.2 Å².